The molecule has 4 rings (SSSR count). The Hall–Kier alpha value is -2.29. The van der Waals surface area contributed by atoms with E-state index >= 15 is 0 Å². The second-order valence-electron chi connectivity index (χ2n) is 4.55. The smallest absolute Gasteiger partial charge is 0.170 e. The molecule has 0 nitrogen and oxygen atoms in total. The van der Waals surface area contributed by atoms with Crippen molar-refractivity contribution >= 4 is 32.3 Å². The molecule has 0 aliphatic rings. The number of hydrogen-bond donors (Lipinski definition) is 0. The van der Waals surface area contributed by atoms with Crippen molar-refractivity contribution in [3.05, 3.63) is 59.9 Å². The zero-order chi connectivity index (χ0) is 13.1. The normalized spacial score (nSPS) is 11.9. The topological polar surface area (TPSA) is 0 Å². The molecular weight excluding hydrogens is 249 g/mol. The highest BCUT2D eigenvalue weighted by Gasteiger charge is 2.18. The van der Waals surface area contributed by atoms with Crippen molar-refractivity contribution in [1.82, 2.24) is 0 Å². The lowest BCUT2D eigenvalue weighted by molar-refractivity contribution is 0.511. The zero-order valence-corrected chi connectivity index (χ0v) is 9.60. The number of halogens is 3. The molecule has 0 aromatic heterocycles. The Kier molecular flexibility index (Phi) is 1.89. The number of benzene rings is 4. The van der Waals surface area contributed by atoms with E-state index in [1.165, 1.54) is 6.07 Å². The van der Waals surface area contributed by atoms with Crippen molar-refractivity contribution in [3.63, 3.8) is 0 Å². The van der Waals surface area contributed by atoms with Gasteiger partial charge in [0.25, 0.3) is 0 Å². The summed E-state index contributed by atoms with van der Waals surface area (Å²) < 4.78 is 41.4. The van der Waals surface area contributed by atoms with E-state index in [1.807, 2.05) is 12.1 Å². The molecule has 0 saturated heterocycles. The van der Waals surface area contributed by atoms with Gasteiger partial charge >= 0.3 is 0 Å². The third kappa shape index (κ3) is 1.24. The van der Waals surface area contributed by atoms with E-state index in [2.05, 4.69) is 6.07 Å². The van der Waals surface area contributed by atoms with E-state index in [1.54, 1.807) is 18.2 Å². The minimum Gasteiger partial charge on any atom is -0.206 e. The van der Waals surface area contributed by atoms with Crippen molar-refractivity contribution in [2.24, 2.45) is 0 Å². The van der Waals surface area contributed by atoms with Crippen LogP contribution in [0.5, 0.6) is 0 Å². The van der Waals surface area contributed by atoms with Gasteiger partial charge in [-0.05, 0) is 27.6 Å². The largest absolute Gasteiger partial charge is 0.206 e. The minimum atomic E-state index is -1.18. The highest BCUT2D eigenvalue weighted by molar-refractivity contribution is 6.23. The molecule has 0 aliphatic heterocycles. The summed E-state index contributed by atoms with van der Waals surface area (Å²) in [5.41, 5.74) is 0. The maximum absolute atomic E-state index is 14.0. The molecule has 0 aliphatic carbocycles. The average Bonchev–Trinajstić information content (AvgIpc) is 2.40. The third-order valence-corrected chi connectivity index (χ3v) is 3.51. The zero-order valence-electron chi connectivity index (χ0n) is 9.60. The molecule has 0 N–H and O–H groups in total. The molecule has 1 radical (unpaired) electrons. The van der Waals surface area contributed by atoms with Crippen LogP contribution in [0.15, 0.2) is 36.4 Å². The molecule has 0 atom stereocenters. The molecule has 0 saturated carbocycles. The average molecular weight is 255 g/mol. The summed E-state index contributed by atoms with van der Waals surface area (Å²) in [6, 6.07) is 12.4. The fourth-order valence-corrected chi connectivity index (χ4v) is 2.72. The van der Waals surface area contributed by atoms with Gasteiger partial charge in [-0.2, -0.15) is 0 Å². The van der Waals surface area contributed by atoms with Gasteiger partial charge in [-0.3, -0.25) is 0 Å². The van der Waals surface area contributed by atoms with Crippen LogP contribution in [0.2, 0.25) is 0 Å². The Morgan fingerprint density at radius 3 is 2.42 bits per heavy atom. The molecule has 0 unspecified atom stereocenters. The fraction of sp³-hybridized carbons (Fsp3) is 0. The van der Waals surface area contributed by atoms with Gasteiger partial charge in [0, 0.05) is 11.5 Å². The molecule has 0 fully saturated rings. The minimum absolute atomic E-state index is 0.296. The van der Waals surface area contributed by atoms with Gasteiger partial charge in [-0.1, -0.05) is 30.3 Å². The number of hydrogen-bond acceptors (Lipinski definition) is 0. The second-order valence-corrected chi connectivity index (χ2v) is 4.55. The SMILES string of the molecule is Fc1[c]c2ccc3cccc4cc(F)c(c1F)c2c34. The Bertz CT molecular complexity index is 941. The lowest BCUT2D eigenvalue weighted by Crippen LogP contribution is -1.94. The fourth-order valence-electron chi connectivity index (χ4n) is 2.72. The molecule has 4 aromatic rings. The van der Waals surface area contributed by atoms with Gasteiger partial charge < -0.3 is 0 Å². The molecule has 0 bridgehead atoms. The molecule has 3 heteroatoms. The summed E-state index contributed by atoms with van der Waals surface area (Å²) in [6.45, 7) is 0. The summed E-state index contributed by atoms with van der Waals surface area (Å²) in [7, 11) is 0. The molecule has 91 valence electrons. The van der Waals surface area contributed by atoms with Crippen LogP contribution in [0.4, 0.5) is 13.2 Å². The van der Waals surface area contributed by atoms with E-state index in [-0.39, 0.29) is 5.39 Å². The first-order chi connectivity index (χ1) is 9.16. The Morgan fingerprint density at radius 1 is 0.789 bits per heavy atom. The molecular formula is C16H6F3. The van der Waals surface area contributed by atoms with Gasteiger partial charge in [0.2, 0.25) is 0 Å². The third-order valence-electron chi connectivity index (χ3n) is 3.51. The first-order valence-electron chi connectivity index (χ1n) is 5.80. The first kappa shape index (κ1) is 10.6. The predicted molar refractivity (Wildman–Crippen MR) is 68.9 cm³/mol. The molecule has 0 heterocycles. The highest BCUT2D eigenvalue weighted by atomic mass is 19.2. The summed E-state index contributed by atoms with van der Waals surface area (Å²) in [5.74, 6) is -3.07. The summed E-state index contributed by atoms with van der Waals surface area (Å²) in [6.07, 6.45) is 0. The van der Waals surface area contributed by atoms with Gasteiger partial charge in [0.05, 0.1) is 5.39 Å². The van der Waals surface area contributed by atoms with Gasteiger partial charge in [0.15, 0.2) is 11.6 Å². The highest BCUT2D eigenvalue weighted by Crippen LogP contribution is 2.37. The van der Waals surface area contributed by atoms with E-state index in [0.717, 1.165) is 10.8 Å². The molecule has 0 amide bonds. The van der Waals surface area contributed by atoms with Crippen LogP contribution in [0, 0.1) is 23.5 Å². The second kappa shape index (κ2) is 3.38. The van der Waals surface area contributed by atoms with Crippen LogP contribution in [0.25, 0.3) is 32.3 Å². The standard InChI is InChI=1S/C16H6F3/c17-11-6-9-3-1-2-8-4-5-10-7-12(18)16(19)15(11)14(10)13(8)9/h1-6H. The summed E-state index contributed by atoms with van der Waals surface area (Å²) >= 11 is 0. The van der Waals surface area contributed by atoms with Crippen LogP contribution in [0.1, 0.15) is 0 Å². The summed E-state index contributed by atoms with van der Waals surface area (Å²) in [4.78, 5) is 0. The van der Waals surface area contributed by atoms with E-state index in [4.69, 9.17) is 0 Å². The van der Waals surface area contributed by atoms with Crippen molar-refractivity contribution in [3.8, 4) is 0 Å². The monoisotopic (exact) mass is 255 g/mol. The van der Waals surface area contributed by atoms with Gasteiger partial charge in [-0.15, -0.1) is 0 Å². The predicted octanol–water partition coefficient (Wildman–Crippen LogP) is 4.80. The maximum Gasteiger partial charge on any atom is 0.170 e. The Balaban J connectivity index is 2.48. The van der Waals surface area contributed by atoms with Crippen LogP contribution >= 0.6 is 0 Å². The van der Waals surface area contributed by atoms with Crippen LogP contribution in [0.3, 0.4) is 0 Å². The number of rotatable bonds is 0. The Labute approximate surface area is 106 Å². The first-order valence-corrected chi connectivity index (χ1v) is 5.80. The van der Waals surface area contributed by atoms with Gasteiger partial charge in [-0.25, -0.2) is 13.2 Å². The van der Waals surface area contributed by atoms with Crippen LogP contribution in [-0.4, -0.2) is 0 Å². The van der Waals surface area contributed by atoms with E-state index in [0.29, 0.717) is 16.2 Å². The van der Waals surface area contributed by atoms with Crippen molar-refractivity contribution < 1.29 is 13.2 Å². The molecule has 19 heavy (non-hydrogen) atoms. The maximum atomic E-state index is 14.0. The van der Waals surface area contributed by atoms with E-state index < -0.39 is 17.5 Å². The van der Waals surface area contributed by atoms with E-state index in [9.17, 15) is 13.2 Å². The van der Waals surface area contributed by atoms with Crippen molar-refractivity contribution in [1.29, 1.82) is 0 Å². The Morgan fingerprint density at radius 2 is 1.58 bits per heavy atom. The quantitative estimate of drug-likeness (QED) is 0.396. The van der Waals surface area contributed by atoms with Gasteiger partial charge in [0.1, 0.15) is 5.82 Å². The van der Waals surface area contributed by atoms with Crippen molar-refractivity contribution in [2.75, 3.05) is 0 Å². The summed E-state index contributed by atoms with van der Waals surface area (Å²) in [5, 5.41) is 2.77. The lowest BCUT2D eigenvalue weighted by Gasteiger charge is -2.12. The molecule has 4 aromatic carbocycles. The van der Waals surface area contributed by atoms with Crippen molar-refractivity contribution in [2.45, 2.75) is 0 Å². The molecule has 0 spiro atoms. The lowest BCUT2D eigenvalue weighted by atomic mass is 9.93. The van der Waals surface area contributed by atoms with Crippen LogP contribution < -0.4 is 0 Å². The van der Waals surface area contributed by atoms with Crippen LogP contribution in [-0.2, 0) is 0 Å².